The van der Waals surface area contributed by atoms with Crippen LogP contribution in [0, 0.1) is 5.92 Å². The molecule has 0 radical (unpaired) electrons. The minimum Gasteiger partial charge on any atom is -0.381 e. The third-order valence-corrected chi connectivity index (χ3v) is 4.47. The molecular weight excluding hydrogens is 320 g/mol. The lowest BCUT2D eigenvalue weighted by molar-refractivity contribution is 0.181. The van der Waals surface area contributed by atoms with Crippen LogP contribution in [0.5, 0.6) is 0 Å². The summed E-state index contributed by atoms with van der Waals surface area (Å²) in [4.78, 5) is 2.18. The fourth-order valence-electron chi connectivity index (χ4n) is 2.66. The molecule has 0 bridgehead atoms. The van der Waals surface area contributed by atoms with Gasteiger partial charge in [-0.3, -0.25) is 4.68 Å². The lowest BCUT2D eigenvalue weighted by Crippen LogP contribution is -2.26. The zero-order valence-corrected chi connectivity index (χ0v) is 14.2. The Hall–Kier alpha value is -0.430. The molecule has 1 aromatic rings. The molecule has 5 nitrogen and oxygen atoms in total. The number of nitrogens with zero attached hydrogens (tertiary/aromatic N) is 3. The number of rotatable bonds is 7. The number of nitrogens with one attached hydrogen (secondary N) is 1. The fraction of sp³-hybridized carbons (Fsp3) is 0.786. The highest BCUT2D eigenvalue weighted by Gasteiger charge is 2.25. The van der Waals surface area contributed by atoms with Gasteiger partial charge in [0, 0.05) is 19.8 Å². The van der Waals surface area contributed by atoms with Gasteiger partial charge in [0.1, 0.15) is 0 Å². The Bertz CT molecular complexity index is 415. The summed E-state index contributed by atoms with van der Waals surface area (Å²) in [5.74, 6) is 0.650. The molecule has 2 heterocycles. The molecular formula is C14H25BrN4O. The van der Waals surface area contributed by atoms with Crippen LogP contribution in [0.2, 0.25) is 0 Å². The van der Waals surface area contributed by atoms with Crippen molar-refractivity contribution in [1.82, 2.24) is 20.0 Å². The first kappa shape index (κ1) is 15.9. The molecule has 1 aliphatic rings. The van der Waals surface area contributed by atoms with E-state index in [0.717, 1.165) is 37.2 Å². The number of hydrogen-bond donors (Lipinski definition) is 1. The molecule has 0 amide bonds. The molecule has 2 unspecified atom stereocenters. The summed E-state index contributed by atoms with van der Waals surface area (Å²) < 4.78 is 8.69. The van der Waals surface area contributed by atoms with E-state index in [2.05, 4.69) is 50.0 Å². The lowest BCUT2D eigenvalue weighted by atomic mass is 9.97. The number of aromatic nitrogens is 2. The van der Waals surface area contributed by atoms with Crippen molar-refractivity contribution in [3.63, 3.8) is 0 Å². The van der Waals surface area contributed by atoms with Gasteiger partial charge >= 0.3 is 0 Å². The van der Waals surface area contributed by atoms with Crippen LogP contribution in [-0.4, -0.2) is 55.6 Å². The van der Waals surface area contributed by atoms with Crippen LogP contribution < -0.4 is 5.32 Å². The van der Waals surface area contributed by atoms with Crippen LogP contribution in [0.4, 0.5) is 0 Å². The quantitative estimate of drug-likeness (QED) is 0.820. The summed E-state index contributed by atoms with van der Waals surface area (Å²) in [6, 6.07) is 0.320. The van der Waals surface area contributed by atoms with Crippen molar-refractivity contribution in [1.29, 1.82) is 0 Å². The number of halogens is 1. The Morgan fingerprint density at radius 1 is 1.60 bits per heavy atom. The van der Waals surface area contributed by atoms with E-state index in [1.165, 1.54) is 12.1 Å². The summed E-state index contributed by atoms with van der Waals surface area (Å²) in [6.45, 7) is 3.70. The Balaban J connectivity index is 2.08. The molecule has 2 atom stereocenters. The van der Waals surface area contributed by atoms with Crippen molar-refractivity contribution in [2.24, 2.45) is 5.92 Å². The van der Waals surface area contributed by atoms with Gasteiger partial charge in [0.05, 0.1) is 29.0 Å². The van der Waals surface area contributed by atoms with E-state index < -0.39 is 0 Å². The van der Waals surface area contributed by atoms with Gasteiger partial charge in [-0.25, -0.2) is 0 Å². The van der Waals surface area contributed by atoms with E-state index in [-0.39, 0.29) is 0 Å². The Morgan fingerprint density at radius 3 is 3.00 bits per heavy atom. The van der Waals surface area contributed by atoms with E-state index in [1.807, 2.05) is 13.2 Å². The molecule has 0 saturated carbocycles. The predicted molar refractivity (Wildman–Crippen MR) is 83.8 cm³/mol. The summed E-state index contributed by atoms with van der Waals surface area (Å²) in [5.41, 5.74) is 1.25. The van der Waals surface area contributed by atoms with Gasteiger partial charge in [0.15, 0.2) is 0 Å². The summed E-state index contributed by atoms with van der Waals surface area (Å²) >= 11 is 3.65. The predicted octanol–water partition coefficient (Wildman–Crippen LogP) is 1.89. The molecule has 0 spiro atoms. The Morgan fingerprint density at radius 2 is 2.40 bits per heavy atom. The zero-order chi connectivity index (χ0) is 14.5. The molecule has 1 N–H and O–H groups in total. The third-order valence-electron chi connectivity index (χ3n) is 3.86. The van der Waals surface area contributed by atoms with Crippen molar-refractivity contribution in [3.8, 4) is 0 Å². The Labute approximate surface area is 129 Å². The minimum atomic E-state index is 0.320. The fourth-order valence-corrected chi connectivity index (χ4v) is 3.23. The minimum absolute atomic E-state index is 0.320. The van der Waals surface area contributed by atoms with E-state index in [0.29, 0.717) is 12.0 Å². The molecule has 1 fully saturated rings. The highest BCUT2D eigenvalue weighted by molar-refractivity contribution is 9.10. The summed E-state index contributed by atoms with van der Waals surface area (Å²) in [7, 11) is 6.20. The van der Waals surface area contributed by atoms with Gasteiger partial charge in [0.25, 0.3) is 0 Å². The van der Waals surface area contributed by atoms with Crippen molar-refractivity contribution in [3.05, 3.63) is 16.4 Å². The van der Waals surface area contributed by atoms with E-state index in [1.54, 1.807) is 0 Å². The van der Waals surface area contributed by atoms with Gasteiger partial charge < -0.3 is 15.0 Å². The monoisotopic (exact) mass is 344 g/mol. The highest BCUT2D eigenvalue weighted by atomic mass is 79.9. The zero-order valence-electron chi connectivity index (χ0n) is 12.6. The van der Waals surface area contributed by atoms with Gasteiger partial charge in [0.2, 0.25) is 0 Å². The van der Waals surface area contributed by atoms with Crippen LogP contribution in [0.1, 0.15) is 24.6 Å². The topological polar surface area (TPSA) is 42.3 Å². The number of likely N-dealkylation sites (N-methyl/N-ethyl adjacent to an activating group) is 1. The maximum Gasteiger partial charge on any atom is 0.0696 e. The highest BCUT2D eigenvalue weighted by Crippen LogP contribution is 2.30. The average molecular weight is 345 g/mol. The van der Waals surface area contributed by atoms with Crippen LogP contribution in [-0.2, 0) is 11.3 Å². The number of hydrogen-bond acceptors (Lipinski definition) is 4. The van der Waals surface area contributed by atoms with Gasteiger partial charge in [-0.15, -0.1) is 0 Å². The average Bonchev–Trinajstić information content (AvgIpc) is 3.03. The molecule has 6 heteroatoms. The number of ether oxygens (including phenoxy) is 1. The largest absolute Gasteiger partial charge is 0.381 e. The standard InChI is InChI=1S/C14H25BrN4O/c1-16-13(8-11-4-7-20-10-11)14-12(15)9-17-19(14)6-5-18(2)3/h9,11,13,16H,4-8,10H2,1-3H3. The summed E-state index contributed by atoms with van der Waals surface area (Å²) in [6.07, 6.45) is 4.17. The van der Waals surface area contributed by atoms with Crippen molar-refractivity contribution >= 4 is 15.9 Å². The van der Waals surface area contributed by atoms with Crippen LogP contribution >= 0.6 is 15.9 Å². The first-order valence-corrected chi connectivity index (χ1v) is 8.02. The maximum absolute atomic E-state index is 5.49. The molecule has 1 aliphatic heterocycles. The second-order valence-corrected chi connectivity index (χ2v) is 6.57. The first-order valence-electron chi connectivity index (χ1n) is 7.22. The summed E-state index contributed by atoms with van der Waals surface area (Å²) in [5, 5.41) is 7.94. The first-order chi connectivity index (χ1) is 9.61. The van der Waals surface area contributed by atoms with Crippen LogP contribution in [0.3, 0.4) is 0 Å². The smallest absolute Gasteiger partial charge is 0.0696 e. The molecule has 2 rings (SSSR count). The van der Waals surface area contributed by atoms with Crippen LogP contribution in [0.25, 0.3) is 0 Å². The van der Waals surface area contributed by atoms with Gasteiger partial charge in [-0.05, 0) is 55.8 Å². The molecule has 1 aromatic heterocycles. The van der Waals surface area contributed by atoms with E-state index in [4.69, 9.17) is 4.74 Å². The molecule has 20 heavy (non-hydrogen) atoms. The molecule has 114 valence electrons. The van der Waals surface area contributed by atoms with E-state index >= 15 is 0 Å². The second-order valence-electron chi connectivity index (χ2n) is 5.71. The molecule has 0 aromatic carbocycles. The maximum atomic E-state index is 5.49. The normalized spacial score (nSPS) is 20.8. The van der Waals surface area contributed by atoms with E-state index in [9.17, 15) is 0 Å². The SMILES string of the molecule is CNC(CC1CCOC1)c1c(Br)cnn1CCN(C)C. The van der Waals surface area contributed by atoms with Gasteiger partial charge in [-0.1, -0.05) is 0 Å². The lowest BCUT2D eigenvalue weighted by Gasteiger charge is -2.22. The molecule has 1 saturated heterocycles. The second kappa shape index (κ2) is 7.54. The van der Waals surface area contributed by atoms with Crippen molar-refractivity contribution in [2.75, 3.05) is 40.9 Å². The van der Waals surface area contributed by atoms with Crippen molar-refractivity contribution < 1.29 is 4.74 Å². The Kier molecular flexibility index (Phi) is 6.01. The molecule has 0 aliphatic carbocycles. The van der Waals surface area contributed by atoms with Crippen molar-refractivity contribution in [2.45, 2.75) is 25.4 Å². The van der Waals surface area contributed by atoms with Gasteiger partial charge in [-0.2, -0.15) is 5.10 Å². The third kappa shape index (κ3) is 4.04. The van der Waals surface area contributed by atoms with Crippen LogP contribution in [0.15, 0.2) is 10.7 Å².